The number of nitrogens with zero attached hydrogens (tertiary/aromatic N) is 4. The van der Waals surface area contributed by atoms with Crippen molar-refractivity contribution in [2.45, 2.75) is 12.1 Å². The lowest BCUT2D eigenvalue weighted by Gasteiger charge is -2.20. The van der Waals surface area contributed by atoms with E-state index in [4.69, 9.17) is 11.6 Å². The van der Waals surface area contributed by atoms with Crippen LogP contribution in [0.25, 0.3) is 0 Å². The van der Waals surface area contributed by atoms with Crippen LogP contribution in [0.2, 0.25) is 5.02 Å². The normalized spacial score (nSPS) is 22.4. The van der Waals surface area contributed by atoms with Crippen LogP contribution in [0.1, 0.15) is 0 Å². The Labute approximate surface area is 141 Å². The molecule has 6 nitrogen and oxygen atoms in total. The quantitative estimate of drug-likeness (QED) is 0.787. The Morgan fingerprint density at radius 1 is 1.00 bits per heavy atom. The Morgan fingerprint density at radius 3 is 2.46 bits per heavy atom. The fourth-order valence-corrected chi connectivity index (χ4v) is 3.02. The number of amides is 2. The zero-order valence-corrected chi connectivity index (χ0v) is 12.9. The van der Waals surface area contributed by atoms with Crippen molar-refractivity contribution in [3.05, 3.63) is 59.4 Å². The number of hydrogen-bond acceptors (Lipinski definition) is 5. The fraction of sp³-hybridized carbons (Fsp3) is 0.125. The van der Waals surface area contributed by atoms with Gasteiger partial charge in [0.05, 0.1) is 11.4 Å². The van der Waals surface area contributed by atoms with Gasteiger partial charge in [0.1, 0.15) is 5.82 Å². The number of carbonyl (C=O) groups excluding carboxylic acids is 2. The molecule has 0 aliphatic carbocycles. The molecule has 2 aromatic carbocycles. The van der Waals surface area contributed by atoms with E-state index < -0.39 is 29.7 Å². The Balaban J connectivity index is 1.70. The minimum absolute atomic E-state index is 0.307. The molecule has 2 aliphatic heterocycles. The van der Waals surface area contributed by atoms with Gasteiger partial charge in [0.25, 0.3) is 11.8 Å². The topological polar surface area (TPSA) is 65.3 Å². The highest BCUT2D eigenvalue weighted by atomic mass is 35.5. The van der Waals surface area contributed by atoms with Gasteiger partial charge >= 0.3 is 0 Å². The highest BCUT2D eigenvalue weighted by Gasteiger charge is 2.55. The Kier molecular flexibility index (Phi) is 3.31. The highest BCUT2D eigenvalue weighted by Crippen LogP contribution is 2.35. The number of benzene rings is 2. The van der Waals surface area contributed by atoms with E-state index >= 15 is 0 Å². The lowest BCUT2D eigenvalue weighted by molar-refractivity contribution is -0.121. The van der Waals surface area contributed by atoms with E-state index in [1.165, 1.54) is 29.3 Å². The van der Waals surface area contributed by atoms with E-state index in [1.807, 2.05) is 0 Å². The van der Waals surface area contributed by atoms with E-state index in [9.17, 15) is 14.0 Å². The molecule has 8 heteroatoms. The van der Waals surface area contributed by atoms with E-state index in [0.717, 1.165) is 4.90 Å². The van der Waals surface area contributed by atoms with Crippen LogP contribution in [-0.4, -0.2) is 23.9 Å². The van der Waals surface area contributed by atoms with Crippen molar-refractivity contribution < 1.29 is 14.0 Å². The third-order valence-corrected chi connectivity index (χ3v) is 4.17. The van der Waals surface area contributed by atoms with Gasteiger partial charge in [0.15, 0.2) is 12.1 Å². The van der Waals surface area contributed by atoms with Gasteiger partial charge in [-0.2, -0.15) is 5.11 Å². The number of imide groups is 1. The first-order valence-electron chi connectivity index (χ1n) is 7.15. The second kappa shape index (κ2) is 5.38. The van der Waals surface area contributed by atoms with Crippen LogP contribution in [0.3, 0.4) is 0 Å². The molecule has 0 aromatic heterocycles. The van der Waals surface area contributed by atoms with Gasteiger partial charge in [-0.25, -0.2) is 14.3 Å². The molecule has 0 radical (unpaired) electrons. The summed E-state index contributed by atoms with van der Waals surface area (Å²) in [5.41, 5.74) is 0.878. The third kappa shape index (κ3) is 2.16. The summed E-state index contributed by atoms with van der Waals surface area (Å²) < 4.78 is 13.1. The predicted molar refractivity (Wildman–Crippen MR) is 85.3 cm³/mol. The number of halogens is 2. The molecule has 2 heterocycles. The van der Waals surface area contributed by atoms with Crippen molar-refractivity contribution in [1.82, 2.24) is 0 Å². The summed E-state index contributed by atoms with van der Waals surface area (Å²) >= 11 is 5.97. The van der Waals surface area contributed by atoms with Crippen LogP contribution < -0.4 is 9.91 Å². The maximum absolute atomic E-state index is 13.1. The second-order valence-corrected chi connectivity index (χ2v) is 5.84. The number of rotatable bonds is 2. The molecular formula is C16H10ClFN4O2. The van der Waals surface area contributed by atoms with Gasteiger partial charge in [0.2, 0.25) is 0 Å². The highest BCUT2D eigenvalue weighted by molar-refractivity contribution is 6.31. The van der Waals surface area contributed by atoms with Crippen molar-refractivity contribution in [2.75, 3.05) is 9.91 Å². The van der Waals surface area contributed by atoms with E-state index in [-0.39, 0.29) is 0 Å². The summed E-state index contributed by atoms with van der Waals surface area (Å²) in [7, 11) is 0. The molecule has 1 fully saturated rings. The molecule has 2 amide bonds. The van der Waals surface area contributed by atoms with E-state index in [1.54, 1.807) is 24.3 Å². The van der Waals surface area contributed by atoms with Crippen molar-refractivity contribution in [3.8, 4) is 0 Å². The zero-order valence-electron chi connectivity index (χ0n) is 12.1. The molecule has 0 spiro atoms. The van der Waals surface area contributed by atoms with Gasteiger partial charge in [-0.15, -0.1) is 0 Å². The first kappa shape index (κ1) is 14.8. The SMILES string of the molecule is O=C1[C@@H]2[C@@H](N=NN2c2cccc(Cl)c2)C(=O)N1c1ccc(F)cc1. The van der Waals surface area contributed by atoms with Gasteiger partial charge in [-0.3, -0.25) is 9.59 Å². The molecule has 120 valence electrons. The van der Waals surface area contributed by atoms with Crippen molar-refractivity contribution in [2.24, 2.45) is 10.3 Å². The monoisotopic (exact) mass is 344 g/mol. The number of hydrogen-bond donors (Lipinski definition) is 0. The second-order valence-electron chi connectivity index (χ2n) is 5.41. The maximum Gasteiger partial charge on any atom is 0.263 e. The van der Waals surface area contributed by atoms with Crippen molar-refractivity contribution >= 4 is 34.8 Å². The largest absolute Gasteiger partial charge is 0.271 e. The van der Waals surface area contributed by atoms with Crippen LogP contribution in [0.5, 0.6) is 0 Å². The summed E-state index contributed by atoms with van der Waals surface area (Å²) in [6.07, 6.45) is 0. The Hall–Kier alpha value is -2.80. The molecule has 2 atom stereocenters. The lowest BCUT2D eigenvalue weighted by atomic mass is 10.1. The van der Waals surface area contributed by atoms with Gasteiger partial charge in [0, 0.05) is 5.02 Å². The van der Waals surface area contributed by atoms with Crippen LogP contribution >= 0.6 is 11.6 Å². The first-order chi connectivity index (χ1) is 11.6. The number of anilines is 2. The summed E-state index contributed by atoms with van der Waals surface area (Å²) in [6.45, 7) is 0. The van der Waals surface area contributed by atoms with Crippen LogP contribution in [0.15, 0.2) is 58.9 Å². The van der Waals surface area contributed by atoms with Gasteiger partial charge in [-0.05, 0) is 42.5 Å². The molecule has 0 bridgehead atoms. The standard InChI is InChI=1S/C16H10ClFN4O2/c17-9-2-1-3-12(8-9)22-14-13(19-20-22)15(23)21(16(14)24)11-6-4-10(18)5-7-11/h1-8,13-14H/t13-,14+/m1/s1. The van der Waals surface area contributed by atoms with Crippen LogP contribution in [-0.2, 0) is 9.59 Å². The summed E-state index contributed by atoms with van der Waals surface area (Å²) in [5, 5.41) is 9.75. The minimum Gasteiger partial charge on any atom is -0.271 e. The molecule has 2 aliphatic rings. The average Bonchev–Trinajstić information content (AvgIpc) is 3.10. The van der Waals surface area contributed by atoms with Crippen molar-refractivity contribution in [3.63, 3.8) is 0 Å². The maximum atomic E-state index is 13.1. The molecule has 4 rings (SSSR count). The molecule has 1 saturated heterocycles. The molecule has 0 N–H and O–H groups in total. The Morgan fingerprint density at radius 2 is 1.75 bits per heavy atom. The van der Waals surface area contributed by atoms with Crippen LogP contribution in [0, 0.1) is 5.82 Å². The average molecular weight is 345 g/mol. The Bertz CT molecular complexity index is 871. The molecule has 0 unspecified atom stereocenters. The zero-order chi connectivity index (χ0) is 16.8. The summed E-state index contributed by atoms with van der Waals surface area (Å²) in [6, 6.07) is 10.2. The summed E-state index contributed by atoms with van der Waals surface area (Å²) in [5.74, 6) is -1.38. The first-order valence-corrected chi connectivity index (χ1v) is 7.53. The molecule has 2 aromatic rings. The number of fused-ring (bicyclic) bond motifs is 1. The van der Waals surface area contributed by atoms with Gasteiger partial charge in [-0.1, -0.05) is 22.9 Å². The molecule has 24 heavy (non-hydrogen) atoms. The number of carbonyl (C=O) groups is 2. The van der Waals surface area contributed by atoms with E-state index in [2.05, 4.69) is 10.3 Å². The summed E-state index contributed by atoms with van der Waals surface area (Å²) in [4.78, 5) is 26.3. The smallest absolute Gasteiger partial charge is 0.263 e. The minimum atomic E-state index is -0.915. The van der Waals surface area contributed by atoms with Crippen molar-refractivity contribution in [1.29, 1.82) is 0 Å². The molecular weight excluding hydrogens is 335 g/mol. The molecule has 0 saturated carbocycles. The van der Waals surface area contributed by atoms with Crippen LogP contribution in [0.4, 0.5) is 15.8 Å². The lowest BCUT2D eigenvalue weighted by Crippen LogP contribution is -2.39. The van der Waals surface area contributed by atoms with Gasteiger partial charge < -0.3 is 0 Å². The predicted octanol–water partition coefficient (Wildman–Crippen LogP) is 2.98. The van der Waals surface area contributed by atoms with E-state index in [0.29, 0.717) is 16.4 Å². The fourth-order valence-electron chi connectivity index (χ4n) is 2.84. The third-order valence-electron chi connectivity index (χ3n) is 3.94.